The van der Waals surface area contributed by atoms with Crippen molar-refractivity contribution in [1.82, 2.24) is 9.97 Å². The SMILES string of the molecule is CCC(C)c1ncc(-c2cnc(N)c(OCc3cccc(C#CC(C)(C)OC)c3)c2)s1. The van der Waals surface area contributed by atoms with Crippen molar-refractivity contribution in [2.24, 2.45) is 0 Å². The number of hydrogen-bond acceptors (Lipinski definition) is 6. The minimum atomic E-state index is -0.488. The molecule has 0 amide bonds. The third kappa shape index (κ3) is 6.06. The molecule has 1 unspecified atom stereocenters. The Bertz CT molecular complexity index is 1100. The summed E-state index contributed by atoms with van der Waals surface area (Å²) in [6.07, 6.45) is 4.73. The first-order valence-electron chi connectivity index (χ1n) is 10.3. The van der Waals surface area contributed by atoms with Gasteiger partial charge in [-0.25, -0.2) is 9.97 Å². The summed E-state index contributed by atoms with van der Waals surface area (Å²) < 4.78 is 11.4. The standard InChI is InChI=1S/C25H29N3O2S/c1-6-17(2)24-28-15-22(31-24)20-13-21(23(26)27-14-20)30-16-19-9-7-8-18(12-19)10-11-25(3,4)29-5/h7-9,12-15,17H,6,16H2,1-5H3,(H2,26,27). The monoisotopic (exact) mass is 435 g/mol. The van der Waals surface area contributed by atoms with E-state index in [2.05, 4.69) is 35.7 Å². The predicted molar refractivity (Wildman–Crippen MR) is 127 cm³/mol. The molecule has 0 bridgehead atoms. The molecule has 0 spiro atoms. The fourth-order valence-corrected chi connectivity index (χ4v) is 3.74. The molecule has 0 aliphatic heterocycles. The number of nitrogen functional groups attached to an aromatic ring is 1. The van der Waals surface area contributed by atoms with Crippen LogP contribution in [0.4, 0.5) is 5.82 Å². The van der Waals surface area contributed by atoms with Crippen LogP contribution >= 0.6 is 11.3 Å². The summed E-state index contributed by atoms with van der Waals surface area (Å²) in [5.74, 6) is 7.66. The van der Waals surface area contributed by atoms with Crippen molar-refractivity contribution >= 4 is 17.2 Å². The molecule has 0 aliphatic rings. The number of benzene rings is 1. The zero-order valence-corrected chi connectivity index (χ0v) is 19.5. The Labute approximate surface area is 188 Å². The maximum atomic E-state index is 6.06. The molecule has 0 saturated carbocycles. The molecule has 0 radical (unpaired) electrons. The van der Waals surface area contributed by atoms with Crippen LogP contribution in [-0.4, -0.2) is 22.7 Å². The number of anilines is 1. The van der Waals surface area contributed by atoms with Crippen molar-refractivity contribution in [2.75, 3.05) is 12.8 Å². The lowest BCUT2D eigenvalue weighted by Gasteiger charge is -2.14. The Morgan fingerprint density at radius 3 is 2.74 bits per heavy atom. The summed E-state index contributed by atoms with van der Waals surface area (Å²) in [6, 6.07) is 9.88. The molecule has 1 aromatic carbocycles. The van der Waals surface area contributed by atoms with Gasteiger partial charge >= 0.3 is 0 Å². The van der Waals surface area contributed by atoms with E-state index in [0.717, 1.165) is 33.0 Å². The Morgan fingerprint density at radius 2 is 2.00 bits per heavy atom. The number of pyridine rings is 1. The van der Waals surface area contributed by atoms with Crippen molar-refractivity contribution in [3.05, 3.63) is 58.9 Å². The zero-order chi connectivity index (χ0) is 22.4. The largest absolute Gasteiger partial charge is 0.485 e. The third-order valence-corrected chi connectivity index (χ3v) is 6.34. The van der Waals surface area contributed by atoms with Gasteiger partial charge in [0.15, 0.2) is 11.6 Å². The van der Waals surface area contributed by atoms with Crippen molar-refractivity contribution in [3.8, 4) is 28.0 Å². The van der Waals surface area contributed by atoms with Gasteiger partial charge < -0.3 is 15.2 Å². The van der Waals surface area contributed by atoms with Gasteiger partial charge in [-0.15, -0.1) is 11.3 Å². The normalized spacial score (nSPS) is 12.2. The number of rotatable bonds is 7. The van der Waals surface area contributed by atoms with Crippen LogP contribution in [0.1, 0.15) is 56.2 Å². The lowest BCUT2D eigenvalue weighted by atomic mass is 10.1. The van der Waals surface area contributed by atoms with Gasteiger partial charge in [-0.2, -0.15) is 0 Å². The molecule has 0 aliphatic carbocycles. The van der Waals surface area contributed by atoms with E-state index in [-0.39, 0.29) is 0 Å². The molecule has 3 aromatic rings. The van der Waals surface area contributed by atoms with Crippen LogP contribution in [0, 0.1) is 11.8 Å². The highest BCUT2D eigenvalue weighted by molar-refractivity contribution is 7.15. The summed E-state index contributed by atoms with van der Waals surface area (Å²) >= 11 is 1.69. The van der Waals surface area contributed by atoms with E-state index in [0.29, 0.717) is 24.1 Å². The van der Waals surface area contributed by atoms with Crippen molar-refractivity contribution < 1.29 is 9.47 Å². The summed E-state index contributed by atoms with van der Waals surface area (Å²) in [5, 5.41) is 1.13. The van der Waals surface area contributed by atoms with Gasteiger partial charge in [0.25, 0.3) is 0 Å². The summed E-state index contributed by atoms with van der Waals surface area (Å²) in [5.41, 5.74) is 8.45. The highest BCUT2D eigenvalue weighted by Crippen LogP contribution is 2.33. The van der Waals surface area contributed by atoms with Crippen molar-refractivity contribution in [3.63, 3.8) is 0 Å². The number of ether oxygens (including phenoxy) is 2. The highest BCUT2D eigenvalue weighted by atomic mass is 32.1. The molecule has 5 nitrogen and oxygen atoms in total. The van der Waals surface area contributed by atoms with E-state index in [1.165, 1.54) is 0 Å². The van der Waals surface area contributed by atoms with Gasteiger partial charge in [-0.05, 0) is 44.0 Å². The molecule has 0 saturated heterocycles. The average Bonchev–Trinajstić information content (AvgIpc) is 3.27. The van der Waals surface area contributed by atoms with Gasteiger partial charge in [0.05, 0.1) is 9.88 Å². The first kappa shape index (κ1) is 22.8. The van der Waals surface area contributed by atoms with Gasteiger partial charge in [-0.3, -0.25) is 0 Å². The summed E-state index contributed by atoms with van der Waals surface area (Å²) in [4.78, 5) is 9.94. The van der Waals surface area contributed by atoms with Crippen LogP contribution in [0.2, 0.25) is 0 Å². The maximum Gasteiger partial charge on any atom is 0.166 e. The number of aromatic nitrogens is 2. The predicted octanol–water partition coefficient (Wildman–Crippen LogP) is 5.66. The topological polar surface area (TPSA) is 70.3 Å². The Kier molecular flexibility index (Phi) is 7.32. The Balaban J connectivity index is 1.74. The summed E-state index contributed by atoms with van der Waals surface area (Å²) in [7, 11) is 1.66. The van der Waals surface area contributed by atoms with Crippen molar-refractivity contribution in [1.29, 1.82) is 0 Å². The van der Waals surface area contributed by atoms with Gasteiger partial charge in [0, 0.05) is 36.5 Å². The van der Waals surface area contributed by atoms with Crippen molar-refractivity contribution in [2.45, 2.75) is 52.2 Å². The molecule has 2 heterocycles. The van der Waals surface area contributed by atoms with E-state index in [1.54, 1.807) is 24.6 Å². The highest BCUT2D eigenvalue weighted by Gasteiger charge is 2.13. The van der Waals surface area contributed by atoms with Gasteiger partial charge in [-0.1, -0.05) is 37.8 Å². The molecular weight excluding hydrogens is 406 g/mol. The quantitative estimate of drug-likeness (QED) is 0.485. The number of nitrogens with two attached hydrogens (primary N) is 1. The van der Waals surface area contributed by atoms with E-state index >= 15 is 0 Å². The zero-order valence-electron chi connectivity index (χ0n) is 18.7. The number of nitrogens with zero attached hydrogens (tertiary/aromatic N) is 2. The van der Waals surface area contributed by atoms with E-state index in [4.69, 9.17) is 15.2 Å². The van der Waals surface area contributed by atoms with Gasteiger partial charge in [0.1, 0.15) is 12.2 Å². The molecule has 162 valence electrons. The molecule has 1 atom stereocenters. The Hall–Kier alpha value is -2.88. The van der Waals surface area contributed by atoms with E-state index in [9.17, 15) is 0 Å². The molecule has 2 N–H and O–H groups in total. The molecule has 6 heteroatoms. The maximum absolute atomic E-state index is 6.06. The van der Waals surface area contributed by atoms with E-state index in [1.807, 2.05) is 50.4 Å². The molecule has 3 rings (SSSR count). The summed E-state index contributed by atoms with van der Waals surface area (Å²) in [6.45, 7) is 8.60. The smallest absolute Gasteiger partial charge is 0.166 e. The molecule has 31 heavy (non-hydrogen) atoms. The number of methoxy groups -OCH3 is 1. The molecule has 2 aromatic heterocycles. The first-order valence-corrected chi connectivity index (χ1v) is 11.1. The minimum Gasteiger partial charge on any atom is -0.485 e. The molecule has 0 fully saturated rings. The van der Waals surface area contributed by atoms with Crippen LogP contribution < -0.4 is 10.5 Å². The van der Waals surface area contributed by atoms with Gasteiger partial charge in [0.2, 0.25) is 0 Å². The lowest BCUT2D eigenvalue weighted by molar-refractivity contribution is 0.0742. The second-order valence-electron chi connectivity index (χ2n) is 7.93. The molecular formula is C25H29N3O2S. The lowest BCUT2D eigenvalue weighted by Crippen LogP contribution is -2.19. The average molecular weight is 436 g/mol. The van der Waals surface area contributed by atoms with E-state index < -0.39 is 5.60 Å². The van der Waals surface area contributed by atoms with Crippen LogP contribution in [-0.2, 0) is 11.3 Å². The third-order valence-electron chi connectivity index (χ3n) is 5.06. The van der Waals surface area contributed by atoms with Crippen LogP contribution in [0.15, 0.2) is 42.7 Å². The Morgan fingerprint density at radius 1 is 1.19 bits per heavy atom. The van der Waals surface area contributed by atoms with Crippen LogP contribution in [0.25, 0.3) is 10.4 Å². The second-order valence-corrected chi connectivity index (χ2v) is 9.00. The fourth-order valence-electron chi connectivity index (χ4n) is 2.70. The number of thiazole rings is 1. The second kappa shape index (κ2) is 9.95. The van der Waals surface area contributed by atoms with Crippen LogP contribution in [0.5, 0.6) is 5.75 Å². The van der Waals surface area contributed by atoms with Crippen LogP contribution in [0.3, 0.4) is 0 Å². The fraction of sp³-hybridized carbons (Fsp3) is 0.360. The minimum absolute atomic E-state index is 0.369. The number of hydrogen-bond donors (Lipinski definition) is 1. The first-order chi connectivity index (χ1) is 14.8.